The number of hydrogen-bond donors (Lipinski definition) is 0. The number of ketones is 1. The Balaban J connectivity index is 1.40. The number of nitro benzene ring substituents is 1. The minimum atomic E-state index is -1.01. The molecule has 0 spiro atoms. The van der Waals surface area contributed by atoms with Gasteiger partial charge in [0.2, 0.25) is 11.8 Å². The molecule has 4 aromatic rings. The van der Waals surface area contributed by atoms with E-state index in [1.54, 1.807) is 30.3 Å². The summed E-state index contributed by atoms with van der Waals surface area (Å²) in [6.45, 7) is 0. The van der Waals surface area contributed by atoms with Crippen molar-refractivity contribution in [1.29, 1.82) is 0 Å². The molecule has 3 aliphatic heterocycles. The number of imide groups is 1. The predicted molar refractivity (Wildman–Crippen MR) is 151 cm³/mol. The summed E-state index contributed by atoms with van der Waals surface area (Å²) in [4.78, 5) is 56.0. The maximum Gasteiger partial charge on any atom is 0.271 e. The number of nitro groups is 1. The molecule has 0 radical (unpaired) electrons. The zero-order valence-electron chi connectivity index (χ0n) is 20.8. The van der Waals surface area contributed by atoms with E-state index >= 15 is 0 Å². The van der Waals surface area contributed by atoms with Gasteiger partial charge < -0.3 is 4.90 Å². The number of hydrogen-bond acceptors (Lipinski definition) is 6. The molecule has 2 amide bonds. The lowest BCUT2D eigenvalue weighted by molar-refractivity contribution is -0.384. The minimum absolute atomic E-state index is 0.0334. The highest BCUT2D eigenvalue weighted by atomic mass is 35.5. The van der Waals surface area contributed by atoms with Crippen molar-refractivity contribution < 1.29 is 19.3 Å². The first kappa shape index (κ1) is 24.2. The average molecular weight is 550 g/mol. The summed E-state index contributed by atoms with van der Waals surface area (Å²) >= 11 is 6.36. The van der Waals surface area contributed by atoms with E-state index in [1.165, 1.54) is 12.1 Å². The highest BCUT2D eigenvalue weighted by Crippen LogP contribution is 2.51. The normalized spacial score (nSPS) is 22.8. The lowest BCUT2D eigenvalue weighted by Gasteiger charge is -2.37. The van der Waals surface area contributed by atoms with Gasteiger partial charge in [-0.05, 0) is 22.9 Å². The van der Waals surface area contributed by atoms with E-state index in [1.807, 2.05) is 53.5 Å². The van der Waals surface area contributed by atoms with Gasteiger partial charge in [-0.15, -0.1) is 0 Å². The van der Waals surface area contributed by atoms with E-state index in [-0.39, 0.29) is 22.2 Å². The molecular formula is C31H20ClN3O5. The molecule has 3 heterocycles. The maximum absolute atomic E-state index is 14.2. The van der Waals surface area contributed by atoms with E-state index in [0.29, 0.717) is 5.56 Å². The number of rotatable bonds is 4. The molecule has 2 saturated heterocycles. The highest BCUT2D eigenvalue weighted by Gasteiger charge is 2.64. The SMILES string of the molecule is O=C(c1ccccc1)[C@@H]1[C@@H]2C(=O)N(c3cc([N+](=O)[O-])ccc3Cl)C(=O)[C@@H]2[C@@H]2C=Cc3c(ccc4ccccc34)N12. The molecule has 0 aliphatic carbocycles. The predicted octanol–water partition coefficient (Wildman–Crippen LogP) is 5.67. The number of halogens is 1. The number of nitrogens with zero attached hydrogens (tertiary/aromatic N) is 3. The number of fused-ring (bicyclic) bond motifs is 7. The second kappa shape index (κ2) is 8.86. The van der Waals surface area contributed by atoms with Gasteiger partial charge in [0.25, 0.3) is 5.69 Å². The smallest absolute Gasteiger partial charge is 0.271 e. The topological polar surface area (TPSA) is 101 Å². The van der Waals surface area contributed by atoms with Crippen molar-refractivity contribution in [1.82, 2.24) is 0 Å². The zero-order chi connectivity index (χ0) is 27.7. The van der Waals surface area contributed by atoms with Crippen molar-refractivity contribution in [3.8, 4) is 0 Å². The number of Topliss-reactive ketones (excluding diaryl/α,β-unsaturated/α-hetero) is 1. The van der Waals surface area contributed by atoms with Crippen LogP contribution in [0.3, 0.4) is 0 Å². The third kappa shape index (κ3) is 3.36. The third-order valence-electron chi connectivity index (χ3n) is 8.12. The van der Waals surface area contributed by atoms with E-state index in [9.17, 15) is 24.5 Å². The standard InChI is InChI=1S/C31H20ClN3O5/c32-22-13-11-19(35(39)40)16-25(22)34-30(37)26-24-15-12-21-20-9-5-4-6-17(20)10-14-23(21)33(24)28(27(26)31(34)38)29(36)18-7-2-1-3-8-18/h1-16,24,26-28H/t24-,26+,27+,28-/m0/s1. The molecule has 8 nitrogen and oxygen atoms in total. The molecule has 7 rings (SSSR count). The Labute approximate surface area is 233 Å². The Bertz CT molecular complexity index is 1800. The van der Waals surface area contributed by atoms with Crippen molar-refractivity contribution in [2.24, 2.45) is 11.8 Å². The number of carbonyl (C=O) groups is 3. The summed E-state index contributed by atoms with van der Waals surface area (Å²) < 4.78 is 0. The first-order valence-corrected chi connectivity index (χ1v) is 13.1. The first-order chi connectivity index (χ1) is 19.4. The van der Waals surface area contributed by atoms with Crippen LogP contribution >= 0.6 is 11.6 Å². The van der Waals surface area contributed by atoms with Gasteiger partial charge in [0.05, 0.1) is 33.5 Å². The number of amides is 2. The van der Waals surface area contributed by atoms with Crippen molar-refractivity contribution in [2.75, 3.05) is 9.80 Å². The second-order valence-corrected chi connectivity index (χ2v) is 10.5. The summed E-state index contributed by atoms with van der Waals surface area (Å²) in [7, 11) is 0. The van der Waals surface area contributed by atoms with Crippen LogP contribution in [0.15, 0.2) is 91.0 Å². The van der Waals surface area contributed by atoms with Gasteiger partial charge in [0, 0.05) is 28.9 Å². The Kier molecular flexibility index (Phi) is 5.37. The van der Waals surface area contributed by atoms with E-state index in [2.05, 4.69) is 0 Å². The maximum atomic E-state index is 14.2. The Hall–Kier alpha value is -4.82. The molecule has 4 atom stereocenters. The van der Waals surface area contributed by atoms with E-state index < -0.39 is 40.7 Å². The quantitative estimate of drug-likeness (QED) is 0.141. The van der Waals surface area contributed by atoms with Crippen LogP contribution in [0.1, 0.15) is 15.9 Å². The summed E-state index contributed by atoms with van der Waals surface area (Å²) in [5, 5.41) is 13.5. The fourth-order valence-corrected chi connectivity index (χ4v) is 6.63. The van der Waals surface area contributed by atoms with Gasteiger partial charge in [-0.1, -0.05) is 84.4 Å². The number of benzene rings is 4. The van der Waals surface area contributed by atoms with E-state index in [0.717, 1.165) is 33.0 Å². The Morgan fingerprint density at radius 3 is 2.35 bits per heavy atom. The van der Waals surface area contributed by atoms with Crippen LogP contribution in [0.2, 0.25) is 5.02 Å². The summed E-state index contributed by atoms with van der Waals surface area (Å²) in [5.74, 6) is -3.30. The van der Waals surface area contributed by atoms with Gasteiger partial charge in [-0.3, -0.25) is 24.5 Å². The lowest BCUT2D eigenvalue weighted by atomic mass is 9.86. The largest absolute Gasteiger partial charge is 0.352 e. The summed E-state index contributed by atoms with van der Waals surface area (Å²) in [6.07, 6.45) is 3.83. The Morgan fingerprint density at radius 1 is 0.850 bits per heavy atom. The molecule has 40 heavy (non-hydrogen) atoms. The molecular weight excluding hydrogens is 530 g/mol. The van der Waals surface area contributed by atoms with Crippen LogP contribution < -0.4 is 9.80 Å². The van der Waals surface area contributed by atoms with Gasteiger partial charge in [0.1, 0.15) is 6.04 Å². The second-order valence-electron chi connectivity index (χ2n) is 10.1. The van der Waals surface area contributed by atoms with Crippen molar-refractivity contribution in [3.05, 3.63) is 117 Å². The molecule has 0 unspecified atom stereocenters. The molecule has 2 fully saturated rings. The monoisotopic (exact) mass is 549 g/mol. The highest BCUT2D eigenvalue weighted by molar-refractivity contribution is 6.36. The molecule has 196 valence electrons. The Morgan fingerprint density at radius 2 is 1.57 bits per heavy atom. The molecule has 0 N–H and O–H groups in total. The molecule has 0 saturated carbocycles. The molecule has 9 heteroatoms. The van der Waals surface area contributed by atoms with Crippen LogP contribution in [0.4, 0.5) is 17.1 Å². The fraction of sp³-hybridized carbons (Fsp3) is 0.129. The van der Waals surface area contributed by atoms with Crippen LogP contribution in [0.5, 0.6) is 0 Å². The molecule has 0 aromatic heterocycles. The van der Waals surface area contributed by atoms with Crippen molar-refractivity contribution in [3.63, 3.8) is 0 Å². The average Bonchev–Trinajstić information content (AvgIpc) is 3.45. The molecule has 3 aliphatic rings. The first-order valence-electron chi connectivity index (χ1n) is 12.8. The minimum Gasteiger partial charge on any atom is -0.352 e. The number of anilines is 2. The third-order valence-corrected chi connectivity index (χ3v) is 8.44. The number of carbonyl (C=O) groups excluding carboxylic acids is 3. The summed E-state index contributed by atoms with van der Waals surface area (Å²) in [6, 6.07) is 22.6. The fourth-order valence-electron chi connectivity index (χ4n) is 6.42. The van der Waals surface area contributed by atoms with Gasteiger partial charge >= 0.3 is 0 Å². The van der Waals surface area contributed by atoms with Crippen molar-refractivity contribution >= 4 is 63.1 Å². The van der Waals surface area contributed by atoms with Crippen LogP contribution in [0.25, 0.3) is 16.8 Å². The van der Waals surface area contributed by atoms with Gasteiger partial charge in [-0.25, -0.2) is 4.90 Å². The zero-order valence-corrected chi connectivity index (χ0v) is 21.6. The van der Waals surface area contributed by atoms with Crippen LogP contribution in [0, 0.1) is 22.0 Å². The van der Waals surface area contributed by atoms with Crippen LogP contribution in [-0.2, 0) is 9.59 Å². The molecule has 0 bridgehead atoms. The van der Waals surface area contributed by atoms with Crippen LogP contribution in [-0.4, -0.2) is 34.6 Å². The summed E-state index contributed by atoms with van der Waals surface area (Å²) in [5.41, 5.74) is 1.77. The van der Waals surface area contributed by atoms with Gasteiger partial charge in [0.15, 0.2) is 5.78 Å². The lowest BCUT2D eigenvalue weighted by Crippen LogP contribution is -2.48. The van der Waals surface area contributed by atoms with Gasteiger partial charge in [-0.2, -0.15) is 0 Å². The number of non-ortho nitro benzene ring substituents is 1. The van der Waals surface area contributed by atoms with E-state index in [4.69, 9.17) is 11.6 Å². The van der Waals surface area contributed by atoms with Crippen molar-refractivity contribution in [2.45, 2.75) is 12.1 Å². The molecule has 4 aromatic carbocycles.